The van der Waals surface area contributed by atoms with Gasteiger partial charge in [-0.3, -0.25) is 4.79 Å². The molecule has 0 bridgehead atoms. The van der Waals surface area contributed by atoms with E-state index in [1.165, 1.54) is 25.1 Å². The number of carbonyl (C=O) groups excluding carboxylic acids is 3. The highest BCUT2D eigenvalue weighted by Gasteiger charge is 2.78. The van der Waals surface area contributed by atoms with Gasteiger partial charge in [0.1, 0.15) is 18.0 Å². The van der Waals surface area contributed by atoms with Gasteiger partial charge in [0.05, 0.1) is 6.10 Å². The molecule has 1 heterocycles. The number of rotatable bonds is 5. The Hall–Kier alpha value is -3.39. The maximum absolute atomic E-state index is 17.5. The minimum atomic E-state index is -2.37. The lowest BCUT2D eigenvalue weighted by atomic mass is 9.44. The Balaban J connectivity index is 1.62. The predicted octanol–water partition coefficient (Wildman–Crippen LogP) is 3.76. The molecule has 0 spiro atoms. The minimum absolute atomic E-state index is 0.0173. The third kappa shape index (κ3) is 3.51. The van der Waals surface area contributed by atoms with Crippen LogP contribution in [0.1, 0.15) is 63.2 Å². The smallest absolute Gasteiger partial charge is 0.361 e. The van der Waals surface area contributed by atoms with Crippen LogP contribution in [0.5, 0.6) is 0 Å². The lowest BCUT2D eigenvalue weighted by molar-refractivity contribution is -0.230. The number of carbonyl (C=O) groups is 3. The molecule has 0 aromatic carbocycles. The van der Waals surface area contributed by atoms with Crippen molar-refractivity contribution in [3.8, 4) is 6.07 Å². The number of allylic oxidation sites excluding steroid dienone is 4. The van der Waals surface area contributed by atoms with E-state index in [0.717, 1.165) is 6.08 Å². The van der Waals surface area contributed by atoms with Crippen molar-refractivity contribution in [2.75, 3.05) is 6.61 Å². The Kier molecular flexibility index (Phi) is 6.57. The van der Waals surface area contributed by atoms with Gasteiger partial charge in [-0.05, 0) is 49.8 Å². The van der Waals surface area contributed by atoms with Gasteiger partial charge >= 0.3 is 11.9 Å². The Morgan fingerprint density at radius 2 is 2.02 bits per heavy atom. The Bertz CT molecular complexity index is 1370. The van der Waals surface area contributed by atoms with Crippen LogP contribution in [0.3, 0.4) is 0 Å². The molecule has 0 radical (unpaired) electrons. The molecule has 3 fully saturated rings. The summed E-state index contributed by atoms with van der Waals surface area (Å²) in [7, 11) is 0. The van der Waals surface area contributed by atoms with E-state index < -0.39 is 76.5 Å². The molecular formula is C29H32F2N2O7. The number of alkyl halides is 2. The summed E-state index contributed by atoms with van der Waals surface area (Å²) in [6.07, 6.45) is 0.188. The molecule has 1 aromatic rings. The summed E-state index contributed by atoms with van der Waals surface area (Å²) in [6.45, 7) is 5.93. The first-order chi connectivity index (χ1) is 18.8. The predicted molar refractivity (Wildman–Crippen MR) is 134 cm³/mol. The zero-order chi connectivity index (χ0) is 29.3. The number of aryl methyl sites for hydroxylation is 1. The Labute approximate surface area is 230 Å². The maximum Gasteiger partial charge on any atom is 0.361 e. The van der Waals surface area contributed by atoms with Crippen LogP contribution in [0.2, 0.25) is 0 Å². The van der Waals surface area contributed by atoms with Crippen LogP contribution in [0.15, 0.2) is 34.4 Å². The summed E-state index contributed by atoms with van der Waals surface area (Å²) >= 11 is 0. The van der Waals surface area contributed by atoms with Gasteiger partial charge in [-0.1, -0.05) is 32.0 Å². The summed E-state index contributed by atoms with van der Waals surface area (Å²) in [5.74, 6) is -4.59. The van der Waals surface area contributed by atoms with Crippen molar-refractivity contribution in [2.24, 2.45) is 28.6 Å². The number of hydrogen-bond donors (Lipinski definition) is 1. The second-order valence-electron chi connectivity index (χ2n) is 11.9. The molecule has 11 heteroatoms. The number of ether oxygens (including phenoxy) is 2. The van der Waals surface area contributed by atoms with Crippen LogP contribution in [0, 0.1) is 39.9 Å². The largest absolute Gasteiger partial charge is 0.447 e. The van der Waals surface area contributed by atoms with Crippen molar-refractivity contribution in [1.82, 2.24) is 5.16 Å². The van der Waals surface area contributed by atoms with Crippen LogP contribution in [0.4, 0.5) is 8.78 Å². The van der Waals surface area contributed by atoms with Gasteiger partial charge in [0, 0.05) is 35.2 Å². The fraction of sp³-hybridized carbons (Fsp3) is 0.621. The molecule has 5 rings (SSSR count). The number of nitrogens with zero attached hydrogens (tertiary/aromatic N) is 2. The number of hydrogen-bond acceptors (Lipinski definition) is 9. The van der Waals surface area contributed by atoms with Crippen molar-refractivity contribution in [2.45, 2.75) is 76.9 Å². The topological polar surface area (TPSA) is 140 Å². The van der Waals surface area contributed by atoms with E-state index in [0.29, 0.717) is 12.2 Å². The second kappa shape index (κ2) is 9.33. The number of nitriles is 1. The highest BCUT2D eigenvalue weighted by atomic mass is 19.1. The first-order valence-corrected chi connectivity index (χ1v) is 13.5. The molecule has 1 unspecified atom stereocenters. The number of esters is 2. The van der Waals surface area contributed by atoms with Gasteiger partial charge in [0.2, 0.25) is 5.60 Å². The van der Waals surface area contributed by atoms with Crippen molar-refractivity contribution >= 4 is 17.7 Å². The van der Waals surface area contributed by atoms with Crippen molar-refractivity contribution < 1.29 is 42.3 Å². The lowest BCUT2D eigenvalue weighted by Gasteiger charge is -2.63. The number of aliphatic hydroxyl groups excluding tert-OH is 1. The third-order valence-electron chi connectivity index (χ3n) is 10.1. The van der Waals surface area contributed by atoms with E-state index in [1.54, 1.807) is 26.8 Å². The van der Waals surface area contributed by atoms with Gasteiger partial charge in [0.15, 0.2) is 23.8 Å². The second-order valence-corrected chi connectivity index (χ2v) is 11.9. The quantitative estimate of drug-likeness (QED) is 0.535. The summed E-state index contributed by atoms with van der Waals surface area (Å²) < 4.78 is 49.5. The summed E-state index contributed by atoms with van der Waals surface area (Å²) in [5, 5.41) is 24.4. The maximum atomic E-state index is 17.5. The number of fused-ring (bicyclic) bond motifs is 5. The Morgan fingerprint density at radius 3 is 2.67 bits per heavy atom. The SMILES string of the molecule is CCc1cc(C(=O)O[C@]2(C(=O)OCC#N)[C@H](C)C[C@H]3[C@@H]4C[C@H](F)C5=CC(=O)C=C[C@]5(C)C4(F)[C@@H](O)C[C@@]32C)no1. The summed E-state index contributed by atoms with van der Waals surface area (Å²) in [6, 6.07) is 3.12. The summed E-state index contributed by atoms with van der Waals surface area (Å²) in [5.41, 5.74) is -7.62. The third-order valence-corrected chi connectivity index (χ3v) is 10.1. The molecule has 9 atom stereocenters. The highest BCUT2D eigenvalue weighted by Crippen LogP contribution is 2.71. The van der Waals surface area contributed by atoms with E-state index in [1.807, 2.05) is 0 Å². The molecule has 9 nitrogen and oxygen atoms in total. The lowest BCUT2D eigenvalue weighted by Crippen LogP contribution is -2.71. The fourth-order valence-corrected chi connectivity index (χ4v) is 8.20. The van der Waals surface area contributed by atoms with Crippen LogP contribution >= 0.6 is 0 Å². The van der Waals surface area contributed by atoms with Crippen LogP contribution in [-0.2, 0) is 25.5 Å². The van der Waals surface area contributed by atoms with E-state index in [9.17, 15) is 19.5 Å². The monoisotopic (exact) mass is 558 g/mol. The molecule has 4 aliphatic carbocycles. The summed E-state index contributed by atoms with van der Waals surface area (Å²) in [4.78, 5) is 39.2. The molecule has 0 amide bonds. The molecule has 1 N–H and O–H groups in total. The Morgan fingerprint density at radius 1 is 1.30 bits per heavy atom. The first-order valence-electron chi connectivity index (χ1n) is 13.5. The molecule has 0 aliphatic heterocycles. The van der Waals surface area contributed by atoms with E-state index in [4.69, 9.17) is 19.3 Å². The average molecular weight is 559 g/mol. The average Bonchev–Trinajstić information content (AvgIpc) is 3.48. The highest BCUT2D eigenvalue weighted by molar-refractivity contribution is 6.01. The molecular weight excluding hydrogens is 526 g/mol. The van der Waals surface area contributed by atoms with Crippen LogP contribution < -0.4 is 0 Å². The fourth-order valence-electron chi connectivity index (χ4n) is 8.20. The van der Waals surface area contributed by atoms with Gasteiger partial charge in [0.25, 0.3) is 0 Å². The van der Waals surface area contributed by atoms with Gasteiger partial charge in [-0.15, -0.1) is 0 Å². The molecule has 40 heavy (non-hydrogen) atoms. The molecule has 0 saturated heterocycles. The number of ketones is 1. The minimum Gasteiger partial charge on any atom is -0.447 e. The molecule has 3 saturated carbocycles. The van der Waals surface area contributed by atoms with Crippen LogP contribution in [0.25, 0.3) is 0 Å². The number of aromatic nitrogens is 1. The zero-order valence-corrected chi connectivity index (χ0v) is 22.8. The van der Waals surface area contributed by atoms with Crippen molar-refractivity contribution in [3.05, 3.63) is 41.3 Å². The molecule has 1 aromatic heterocycles. The van der Waals surface area contributed by atoms with E-state index in [-0.39, 0.29) is 30.5 Å². The van der Waals surface area contributed by atoms with Crippen molar-refractivity contribution in [3.63, 3.8) is 0 Å². The normalized spacial score (nSPS) is 41.7. The van der Waals surface area contributed by atoms with E-state index in [2.05, 4.69) is 5.16 Å². The first kappa shape index (κ1) is 28.1. The zero-order valence-electron chi connectivity index (χ0n) is 22.8. The number of aliphatic hydroxyl groups is 1. The number of halogens is 2. The van der Waals surface area contributed by atoms with Gasteiger partial charge < -0.3 is 19.1 Å². The van der Waals surface area contributed by atoms with Gasteiger partial charge in [-0.25, -0.2) is 18.4 Å². The van der Waals surface area contributed by atoms with Gasteiger partial charge in [-0.2, -0.15) is 5.26 Å². The van der Waals surface area contributed by atoms with E-state index >= 15 is 8.78 Å². The molecule has 214 valence electrons. The van der Waals surface area contributed by atoms with Crippen LogP contribution in [-0.4, -0.2) is 58.1 Å². The molecule has 4 aliphatic rings. The van der Waals surface area contributed by atoms with Crippen molar-refractivity contribution in [1.29, 1.82) is 5.26 Å². The standard InChI is InChI=1S/C29H32F2N2O7/c1-5-17-12-22(33-40-17)24(36)39-29(25(37)38-9-8-32)15(2)10-18-19-13-21(30)20-11-16(34)6-7-26(20,3)28(19,31)23(35)14-27(18,29)4/h6-7,11-12,15,18-19,21,23,35H,5,9-10,13-14H2,1-4H3/t15-,18+,19+,21+,23+,26+,27+,28?,29+/m1/s1.